The lowest BCUT2D eigenvalue weighted by atomic mass is 10.3. The van der Waals surface area contributed by atoms with Crippen molar-refractivity contribution in [2.24, 2.45) is 0 Å². The first kappa shape index (κ1) is 10.0. The Balaban J connectivity index is 0. The molecule has 4 nitrogen and oxygen atoms in total. The third kappa shape index (κ3) is 9960. The molecule has 0 aliphatic carbocycles. The summed E-state index contributed by atoms with van der Waals surface area (Å²) in [6, 6.07) is 0. The van der Waals surface area contributed by atoms with Crippen LogP contribution in [0.15, 0.2) is 0 Å². The smallest absolute Gasteiger partial charge is 0.402 e. The zero-order chi connectivity index (χ0) is 6.28. The fourth-order valence-electron chi connectivity index (χ4n) is 0. The van der Waals surface area contributed by atoms with Gasteiger partial charge in [0.05, 0.1) is 0 Å². The molecule has 0 aromatic carbocycles. The highest BCUT2D eigenvalue weighted by Gasteiger charge is 1.92. The molecule has 0 aliphatic heterocycles. The third-order valence-electron chi connectivity index (χ3n) is 0. The molecule has 44 valence electrons. The molecular weight excluding hydrogens is 98.8 g/mol. The quantitative estimate of drug-likeness (QED) is 0.269. The zero-order valence-electron chi connectivity index (χ0n) is 4.07. The van der Waals surface area contributed by atoms with Crippen LogP contribution in [-0.2, 0) is 0 Å². The molecule has 0 fully saturated rings. The second-order valence-corrected chi connectivity index (χ2v) is 0.663. The predicted molar refractivity (Wildman–Crippen MR) is 25.2 cm³/mol. The fourth-order valence-corrected chi connectivity index (χ4v) is 0. The first-order valence-electron chi connectivity index (χ1n) is 1.80. The number of hydrogen-bond acceptors (Lipinski definition) is 4. The van der Waals surface area contributed by atoms with E-state index < -0.39 is 7.32 Å². The molecule has 7 heavy (non-hydrogen) atoms. The van der Waals surface area contributed by atoms with Gasteiger partial charge in [0.2, 0.25) is 0 Å². The van der Waals surface area contributed by atoms with Crippen LogP contribution in [0.4, 0.5) is 0 Å². The van der Waals surface area contributed by atoms with Crippen LogP contribution in [0.25, 0.3) is 0 Å². The summed E-state index contributed by atoms with van der Waals surface area (Å²) in [6.45, 7) is 1.93. The molecule has 4 N–H and O–H groups in total. The number of rotatable bonds is 0. The Morgan fingerprint density at radius 3 is 1.29 bits per heavy atom. The van der Waals surface area contributed by atoms with E-state index in [0.717, 1.165) is 0 Å². The van der Waals surface area contributed by atoms with Crippen LogP contribution < -0.4 is 0 Å². The van der Waals surface area contributed by atoms with E-state index in [9.17, 15) is 0 Å². The SMILES string of the molecule is CCO.OB(O)O. The molecule has 0 spiro atoms. The summed E-state index contributed by atoms with van der Waals surface area (Å²) in [5.74, 6) is 0. The Kier molecular flexibility index (Phi) is 13.3. The van der Waals surface area contributed by atoms with Gasteiger partial charge < -0.3 is 20.2 Å². The highest BCUT2D eigenvalue weighted by atomic mass is 16.5. The molecule has 0 saturated carbocycles. The van der Waals surface area contributed by atoms with Crippen LogP contribution in [0, 0.1) is 0 Å². The van der Waals surface area contributed by atoms with Crippen LogP contribution in [0.2, 0.25) is 0 Å². The van der Waals surface area contributed by atoms with Gasteiger partial charge in [-0.3, -0.25) is 0 Å². The maximum absolute atomic E-state index is 7.57. The molecular formula is C2H9BO4. The average molecular weight is 108 g/mol. The summed E-state index contributed by atoms with van der Waals surface area (Å²) in [7, 11) is -2.17. The number of aliphatic hydroxyl groups is 1. The van der Waals surface area contributed by atoms with E-state index in [2.05, 4.69) is 0 Å². The second-order valence-electron chi connectivity index (χ2n) is 0.663. The van der Waals surface area contributed by atoms with E-state index >= 15 is 0 Å². The standard InChI is InChI=1S/C2H6O.BH3O3/c1-2-3;2-1(3)4/h3H,2H2,1H3;2-4H. The van der Waals surface area contributed by atoms with Crippen LogP contribution in [-0.4, -0.2) is 34.1 Å². The molecule has 0 radical (unpaired) electrons. The molecule has 0 aliphatic rings. The topological polar surface area (TPSA) is 80.9 Å². The molecule has 0 aromatic heterocycles. The molecule has 0 amide bonds. The van der Waals surface area contributed by atoms with Crippen molar-refractivity contribution in [1.29, 1.82) is 0 Å². The summed E-state index contributed by atoms with van der Waals surface area (Å²) in [4.78, 5) is 0. The molecule has 0 rings (SSSR count). The van der Waals surface area contributed by atoms with Crippen LogP contribution in [0.1, 0.15) is 6.92 Å². The molecule has 0 unspecified atom stereocenters. The molecule has 0 aromatic rings. The van der Waals surface area contributed by atoms with Gasteiger partial charge in [-0.1, -0.05) is 0 Å². The van der Waals surface area contributed by atoms with Crippen molar-refractivity contribution in [2.75, 3.05) is 6.61 Å². The van der Waals surface area contributed by atoms with Gasteiger partial charge in [0.1, 0.15) is 0 Å². The van der Waals surface area contributed by atoms with E-state index in [1.165, 1.54) is 0 Å². The Bertz CT molecular complexity index is 20.9. The summed E-state index contributed by atoms with van der Waals surface area (Å²) < 4.78 is 0. The van der Waals surface area contributed by atoms with Crippen molar-refractivity contribution >= 4 is 7.32 Å². The number of hydrogen-bond donors (Lipinski definition) is 4. The Morgan fingerprint density at radius 2 is 1.29 bits per heavy atom. The van der Waals surface area contributed by atoms with Gasteiger partial charge >= 0.3 is 7.32 Å². The summed E-state index contributed by atoms with van der Waals surface area (Å²) in [5, 5.41) is 29.1. The third-order valence-corrected chi connectivity index (χ3v) is 0. The highest BCUT2D eigenvalue weighted by molar-refractivity contribution is 6.30. The second kappa shape index (κ2) is 9.32. The molecule has 5 heteroatoms. The van der Waals surface area contributed by atoms with Gasteiger partial charge in [-0.25, -0.2) is 0 Å². The normalized spacial score (nSPS) is 6.43. The molecule has 0 heterocycles. The van der Waals surface area contributed by atoms with Crippen molar-refractivity contribution < 1.29 is 20.2 Å². The van der Waals surface area contributed by atoms with Gasteiger partial charge in [0.25, 0.3) is 0 Å². The predicted octanol–water partition coefficient (Wildman–Crippen LogP) is -2.05. The number of aliphatic hydroxyl groups excluding tert-OH is 1. The van der Waals surface area contributed by atoms with Gasteiger partial charge in [-0.05, 0) is 6.92 Å². The minimum absolute atomic E-state index is 0.250. The lowest BCUT2D eigenvalue weighted by Gasteiger charge is -1.69. The lowest BCUT2D eigenvalue weighted by molar-refractivity contribution is 0.278. The van der Waals surface area contributed by atoms with E-state index in [1.807, 2.05) is 0 Å². The lowest BCUT2D eigenvalue weighted by Crippen LogP contribution is -2.07. The summed E-state index contributed by atoms with van der Waals surface area (Å²) >= 11 is 0. The summed E-state index contributed by atoms with van der Waals surface area (Å²) in [6.07, 6.45) is 0. The van der Waals surface area contributed by atoms with E-state index in [1.54, 1.807) is 6.92 Å². The van der Waals surface area contributed by atoms with Crippen molar-refractivity contribution in [3.05, 3.63) is 0 Å². The van der Waals surface area contributed by atoms with E-state index in [-0.39, 0.29) is 6.61 Å². The van der Waals surface area contributed by atoms with Crippen LogP contribution in [0.5, 0.6) is 0 Å². The van der Waals surface area contributed by atoms with Crippen LogP contribution in [0.3, 0.4) is 0 Å². The monoisotopic (exact) mass is 108 g/mol. The maximum Gasteiger partial charge on any atom is 0.631 e. The minimum Gasteiger partial charge on any atom is -0.402 e. The van der Waals surface area contributed by atoms with Crippen molar-refractivity contribution in [1.82, 2.24) is 0 Å². The van der Waals surface area contributed by atoms with Crippen LogP contribution >= 0.6 is 0 Å². The largest absolute Gasteiger partial charge is 0.631 e. The summed E-state index contributed by atoms with van der Waals surface area (Å²) in [5.41, 5.74) is 0. The molecule has 0 atom stereocenters. The Hall–Kier alpha value is -0.0951. The van der Waals surface area contributed by atoms with Crippen molar-refractivity contribution in [3.8, 4) is 0 Å². The maximum atomic E-state index is 7.57. The van der Waals surface area contributed by atoms with Gasteiger partial charge in [-0.15, -0.1) is 0 Å². The van der Waals surface area contributed by atoms with Gasteiger partial charge in [0.15, 0.2) is 0 Å². The first-order chi connectivity index (χ1) is 3.15. The fraction of sp³-hybridized carbons (Fsp3) is 1.00. The van der Waals surface area contributed by atoms with Crippen molar-refractivity contribution in [2.45, 2.75) is 6.92 Å². The first-order valence-corrected chi connectivity index (χ1v) is 1.80. The minimum atomic E-state index is -2.17. The molecule has 0 saturated heterocycles. The van der Waals surface area contributed by atoms with Gasteiger partial charge in [-0.2, -0.15) is 0 Å². The van der Waals surface area contributed by atoms with Gasteiger partial charge in [0, 0.05) is 6.61 Å². The van der Waals surface area contributed by atoms with E-state index in [4.69, 9.17) is 20.2 Å². The molecule has 0 bridgehead atoms. The zero-order valence-corrected chi connectivity index (χ0v) is 4.07. The Labute approximate surface area is 42.2 Å². The average Bonchev–Trinajstić information content (AvgIpc) is 1.33. The Morgan fingerprint density at radius 1 is 1.29 bits per heavy atom. The van der Waals surface area contributed by atoms with Crippen molar-refractivity contribution in [3.63, 3.8) is 0 Å². The highest BCUT2D eigenvalue weighted by Crippen LogP contribution is 1.40. The van der Waals surface area contributed by atoms with E-state index in [0.29, 0.717) is 0 Å².